The molecule has 0 aliphatic heterocycles. The summed E-state index contributed by atoms with van der Waals surface area (Å²) in [5.74, 6) is 0. The molecule has 1 heterocycles. The Labute approximate surface area is 78.0 Å². The molecule has 1 atom stereocenters. The highest BCUT2D eigenvalue weighted by atomic mass is 16.1. The van der Waals surface area contributed by atoms with E-state index in [9.17, 15) is 4.79 Å². The lowest BCUT2D eigenvalue weighted by Gasteiger charge is -2.09. The Kier molecular flexibility index (Phi) is 3.71. The van der Waals surface area contributed by atoms with Crippen LogP contribution in [-0.4, -0.2) is 4.98 Å². The maximum atomic E-state index is 10.8. The number of rotatable bonds is 4. The first-order valence-electron chi connectivity index (χ1n) is 4.68. The van der Waals surface area contributed by atoms with Gasteiger partial charge >= 0.3 is 0 Å². The van der Waals surface area contributed by atoms with Gasteiger partial charge in [-0.1, -0.05) is 25.8 Å². The fraction of sp³-hybridized carbons (Fsp3) is 0.500. The van der Waals surface area contributed by atoms with Crippen molar-refractivity contribution in [3.8, 4) is 0 Å². The molecule has 0 saturated carbocycles. The molecule has 0 bridgehead atoms. The monoisotopic (exact) mass is 180 g/mol. The lowest BCUT2D eigenvalue weighted by molar-refractivity contribution is 0.601. The molecule has 0 fully saturated rings. The highest BCUT2D eigenvalue weighted by Crippen LogP contribution is 2.13. The number of aromatic amines is 1. The molecule has 3 N–H and O–H groups in total. The van der Waals surface area contributed by atoms with Gasteiger partial charge < -0.3 is 10.7 Å². The lowest BCUT2D eigenvalue weighted by atomic mass is 10.0. The van der Waals surface area contributed by atoms with Gasteiger partial charge in [-0.2, -0.15) is 0 Å². The van der Waals surface area contributed by atoms with Crippen LogP contribution in [-0.2, 0) is 0 Å². The number of unbranched alkanes of at least 4 members (excludes halogenated alkanes) is 1. The van der Waals surface area contributed by atoms with E-state index in [1.807, 2.05) is 0 Å². The first-order chi connectivity index (χ1) is 6.24. The van der Waals surface area contributed by atoms with E-state index < -0.39 is 0 Å². The summed E-state index contributed by atoms with van der Waals surface area (Å²) in [5, 5.41) is 0. The predicted molar refractivity (Wildman–Crippen MR) is 53.5 cm³/mol. The Morgan fingerprint density at radius 2 is 2.31 bits per heavy atom. The average molecular weight is 180 g/mol. The van der Waals surface area contributed by atoms with Crippen molar-refractivity contribution >= 4 is 0 Å². The molecule has 1 aromatic rings. The van der Waals surface area contributed by atoms with Crippen LogP contribution in [0.15, 0.2) is 23.1 Å². The molecular formula is C10H16N2O. The van der Waals surface area contributed by atoms with Crippen molar-refractivity contribution in [1.82, 2.24) is 4.98 Å². The molecule has 0 aliphatic rings. The van der Waals surface area contributed by atoms with Crippen molar-refractivity contribution in [2.24, 2.45) is 5.73 Å². The predicted octanol–water partition coefficient (Wildman–Crippen LogP) is 1.56. The summed E-state index contributed by atoms with van der Waals surface area (Å²) in [5.41, 5.74) is 6.84. The van der Waals surface area contributed by atoms with E-state index in [1.165, 1.54) is 6.07 Å². The summed E-state index contributed by atoms with van der Waals surface area (Å²) in [6.07, 6.45) is 4.95. The molecular weight excluding hydrogens is 164 g/mol. The number of nitrogens with one attached hydrogen (secondary N) is 1. The second kappa shape index (κ2) is 4.82. The minimum atomic E-state index is -0.0774. The zero-order chi connectivity index (χ0) is 9.68. The Morgan fingerprint density at radius 3 is 2.85 bits per heavy atom. The number of aromatic nitrogens is 1. The van der Waals surface area contributed by atoms with Gasteiger partial charge in [-0.15, -0.1) is 0 Å². The van der Waals surface area contributed by atoms with E-state index in [1.54, 1.807) is 12.3 Å². The van der Waals surface area contributed by atoms with Gasteiger partial charge in [0.05, 0.1) is 0 Å². The van der Waals surface area contributed by atoms with E-state index >= 15 is 0 Å². The van der Waals surface area contributed by atoms with Gasteiger partial charge in [-0.05, 0) is 12.0 Å². The minimum absolute atomic E-state index is 0.0526. The summed E-state index contributed by atoms with van der Waals surface area (Å²) < 4.78 is 0. The van der Waals surface area contributed by atoms with Crippen LogP contribution in [0.2, 0.25) is 0 Å². The fourth-order valence-electron chi connectivity index (χ4n) is 1.24. The highest BCUT2D eigenvalue weighted by Gasteiger charge is 2.04. The molecule has 0 saturated heterocycles. The summed E-state index contributed by atoms with van der Waals surface area (Å²) in [6, 6.07) is 3.36. The van der Waals surface area contributed by atoms with Crippen molar-refractivity contribution in [2.75, 3.05) is 0 Å². The molecule has 0 spiro atoms. The smallest absolute Gasteiger partial charge is 0.247 e. The van der Waals surface area contributed by atoms with Crippen LogP contribution in [0.1, 0.15) is 37.8 Å². The van der Waals surface area contributed by atoms with Crippen LogP contribution < -0.4 is 11.3 Å². The van der Waals surface area contributed by atoms with Gasteiger partial charge in [0.25, 0.3) is 0 Å². The lowest BCUT2D eigenvalue weighted by Crippen LogP contribution is -2.12. The van der Waals surface area contributed by atoms with E-state index in [4.69, 9.17) is 5.73 Å². The number of hydrogen-bond acceptors (Lipinski definition) is 2. The molecule has 0 aliphatic carbocycles. The van der Waals surface area contributed by atoms with Crippen molar-refractivity contribution in [1.29, 1.82) is 0 Å². The minimum Gasteiger partial charge on any atom is -0.329 e. The summed E-state index contributed by atoms with van der Waals surface area (Å²) in [6.45, 7) is 2.14. The average Bonchev–Trinajstić information content (AvgIpc) is 2.15. The third kappa shape index (κ3) is 3.03. The van der Waals surface area contributed by atoms with Crippen LogP contribution >= 0.6 is 0 Å². The largest absolute Gasteiger partial charge is 0.329 e. The molecule has 3 nitrogen and oxygen atoms in total. The molecule has 1 aromatic heterocycles. The molecule has 0 amide bonds. The van der Waals surface area contributed by atoms with Crippen LogP contribution in [0.4, 0.5) is 0 Å². The molecule has 13 heavy (non-hydrogen) atoms. The summed E-state index contributed by atoms with van der Waals surface area (Å²) in [4.78, 5) is 13.4. The fourth-order valence-corrected chi connectivity index (χ4v) is 1.24. The zero-order valence-corrected chi connectivity index (χ0v) is 7.92. The zero-order valence-electron chi connectivity index (χ0n) is 7.92. The number of nitrogens with two attached hydrogens (primary N) is 1. The van der Waals surface area contributed by atoms with Gasteiger partial charge in [0.2, 0.25) is 5.56 Å². The van der Waals surface area contributed by atoms with Crippen LogP contribution in [0.3, 0.4) is 0 Å². The van der Waals surface area contributed by atoms with E-state index in [-0.39, 0.29) is 11.6 Å². The standard InChI is InChI=1S/C10H16N2O/c1-2-3-4-9(11)8-5-6-10(13)12-7-8/h5-7,9H,2-4,11H2,1H3,(H,12,13)/t9-/m1/s1. The van der Waals surface area contributed by atoms with Crippen LogP contribution in [0.5, 0.6) is 0 Å². The maximum Gasteiger partial charge on any atom is 0.247 e. The first kappa shape index (κ1) is 9.99. The normalized spacial score (nSPS) is 12.8. The SMILES string of the molecule is CCCC[C@@H](N)c1ccc(=O)[nH]c1. The number of H-pyrrole nitrogens is 1. The molecule has 0 radical (unpaired) electrons. The van der Waals surface area contributed by atoms with Crippen molar-refractivity contribution in [3.05, 3.63) is 34.2 Å². The maximum absolute atomic E-state index is 10.8. The van der Waals surface area contributed by atoms with Crippen molar-refractivity contribution < 1.29 is 0 Å². The number of pyridine rings is 1. The van der Waals surface area contributed by atoms with Crippen LogP contribution in [0.25, 0.3) is 0 Å². The number of hydrogen-bond donors (Lipinski definition) is 2. The summed E-state index contributed by atoms with van der Waals surface area (Å²) in [7, 11) is 0. The molecule has 0 aromatic carbocycles. The van der Waals surface area contributed by atoms with E-state index in [0.717, 1.165) is 24.8 Å². The van der Waals surface area contributed by atoms with Gasteiger partial charge in [-0.3, -0.25) is 4.79 Å². The molecule has 3 heteroatoms. The molecule has 1 rings (SSSR count). The van der Waals surface area contributed by atoms with Gasteiger partial charge in [0.15, 0.2) is 0 Å². The van der Waals surface area contributed by atoms with Gasteiger partial charge in [0, 0.05) is 18.3 Å². The summed E-state index contributed by atoms with van der Waals surface area (Å²) >= 11 is 0. The second-order valence-electron chi connectivity index (χ2n) is 3.23. The third-order valence-electron chi connectivity index (χ3n) is 2.11. The molecule has 0 unspecified atom stereocenters. The molecule has 72 valence electrons. The van der Waals surface area contributed by atoms with Crippen molar-refractivity contribution in [2.45, 2.75) is 32.2 Å². The van der Waals surface area contributed by atoms with Gasteiger partial charge in [0.1, 0.15) is 0 Å². The third-order valence-corrected chi connectivity index (χ3v) is 2.11. The first-order valence-corrected chi connectivity index (χ1v) is 4.68. The Bertz CT molecular complexity index is 286. The van der Waals surface area contributed by atoms with Crippen LogP contribution in [0, 0.1) is 0 Å². The van der Waals surface area contributed by atoms with E-state index in [2.05, 4.69) is 11.9 Å². The van der Waals surface area contributed by atoms with Crippen molar-refractivity contribution in [3.63, 3.8) is 0 Å². The Hall–Kier alpha value is -1.09. The highest BCUT2D eigenvalue weighted by molar-refractivity contribution is 5.12. The Balaban J connectivity index is 2.60. The van der Waals surface area contributed by atoms with E-state index in [0.29, 0.717) is 0 Å². The quantitative estimate of drug-likeness (QED) is 0.738. The second-order valence-corrected chi connectivity index (χ2v) is 3.23. The van der Waals surface area contributed by atoms with Gasteiger partial charge in [-0.25, -0.2) is 0 Å². The topological polar surface area (TPSA) is 58.9 Å². The Morgan fingerprint density at radius 1 is 1.54 bits per heavy atom.